The maximum atomic E-state index is 12.9. The van der Waals surface area contributed by atoms with Gasteiger partial charge in [-0.25, -0.2) is 8.42 Å². The third kappa shape index (κ3) is 5.27. The normalized spacial score (nSPS) is 11.1. The lowest BCUT2D eigenvalue weighted by Crippen LogP contribution is -2.36. The molecule has 2 aromatic rings. The zero-order valence-corrected chi connectivity index (χ0v) is 17.1. The number of para-hydroxylation sites is 1. The van der Waals surface area contributed by atoms with Crippen LogP contribution < -0.4 is 14.9 Å². The fourth-order valence-corrected chi connectivity index (χ4v) is 4.03. The Kier molecular flexibility index (Phi) is 6.92. The molecular formula is C19H23N3O3S2. The molecule has 144 valence electrons. The van der Waals surface area contributed by atoms with Gasteiger partial charge >= 0.3 is 0 Å². The molecule has 0 radical (unpaired) electrons. The van der Waals surface area contributed by atoms with E-state index in [0.717, 1.165) is 0 Å². The Hall–Kier alpha value is -2.45. The van der Waals surface area contributed by atoms with Gasteiger partial charge in [0, 0.05) is 18.2 Å². The Morgan fingerprint density at radius 3 is 2.19 bits per heavy atom. The number of anilines is 2. The topological polar surface area (TPSA) is 78.5 Å². The number of amides is 1. The molecule has 0 saturated heterocycles. The highest BCUT2D eigenvalue weighted by molar-refractivity contribution is 7.92. The number of thiocarbonyl (C=S) groups is 1. The number of carbonyl (C=O) groups is 1. The van der Waals surface area contributed by atoms with Crippen molar-refractivity contribution < 1.29 is 13.2 Å². The standard InChI is InChI=1S/C19H23N3O3S2/c1-4-22(16-8-6-5-7-9-16)27(24,25)17-12-10-15(11-13-17)20-19(26)21-18(23)14(2)3/h5-14H,4H2,1-3H3,(H2,20,21,23,26). The lowest BCUT2D eigenvalue weighted by molar-refractivity contribution is -0.122. The predicted molar refractivity (Wildman–Crippen MR) is 112 cm³/mol. The summed E-state index contributed by atoms with van der Waals surface area (Å²) in [6.07, 6.45) is 0. The zero-order valence-electron chi connectivity index (χ0n) is 15.5. The Labute approximate surface area is 165 Å². The second-order valence-corrected chi connectivity index (χ2v) is 8.40. The van der Waals surface area contributed by atoms with Crippen LogP contribution in [0.5, 0.6) is 0 Å². The maximum absolute atomic E-state index is 12.9. The Morgan fingerprint density at radius 1 is 1.07 bits per heavy atom. The number of benzene rings is 2. The van der Waals surface area contributed by atoms with Crippen molar-refractivity contribution in [3.8, 4) is 0 Å². The molecule has 0 saturated carbocycles. The summed E-state index contributed by atoms with van der Waals surface area (Å²) in [7, 11) is -3.68. The van der Waals surface area contributed by atoms with E-state index in [1.54, 1.807) is 57.2 Å². The summed E-state index contributed by atoms with van der Waals surface area (Å²) in [5, 5.41) is 5.62. The average molecular weight is 406 g/mol. The van der Waals surface area contributed by atoms with Crippen molar-refractivity contribution in [1.29, 1.82) is 0 Å². The molecule has 0 aliphatic heterocycles. The maximum Gasteiger partial charge on any atom is 0.264 e. The molecule has 0 heterocycles. The molecule has 2 aromatic carbocycles. The lowest BCUT2D eigenvalue weighted by Gasteiger charge is -2.23. The summed E-state index contributed by atoms with van der Waals surface area (Å²) in [4.78, 5) is 11.8. The number of nitrogens with zero attached hydrogens (tertiary/aromatic N) is 1. The SMILES string of the molecule is CCN(c1ccccc1)S(=O)(=O)c1ccc(NC(=S)NC(=O)C(C)C)cc1. The number of hydrogen-bond donors (Lipinski definition) is 2. The lowest BCUT2D eigenvalue weighted by atomic mass is 10.2. The summed E-state index contributed by atoms with van der Waals surface area (Å²) in [6, 6.07) is 15.2. The van der Waals surface area contributed by atoms with Crippen molar-refractivity contribution >= 4 is 44.6 Å². The van der Waals surface area contributed by atoms with Crippen LogP contribution in [0.1, 0.15) is 20.8 Å². The van der Waals surface area contributed by atoms with Crippen LogP contribution in [0.25, 0.3) is 0 Å². The van der Waals surface area contributed by atoms with Crippen LogP contribution in [0.4, 0.5) is 11.4 Å². The molecule has 0 aromatic heterocycles. The fraction of sp³-hybridized carbons (Fsp3) is 0.263. The third-order valence-electron chi connectivity index (χ3n) is 3.79. The van der Waals surface area contributed by atoms with E-state index in [1.807, 2.05) is 6.07 Å². The Balaban J connectivity index is 2.16. The molecule has 8 heteroatoms. The summed E-state index contributed by atoms with van der Waals surface area (Å²) >= 11 is 5.09. The molecule has 0 atom stereocenters. The molecular weight excluding hydrogens is 382 g/mol. The minimum Gasteiger partial charge on any atom is -0.332 e. The number of sulfonamides is 1. The molecule has 0 aliphatic carbocycles. The summed E-state index contributed by atoms with van der Waals surface area (Å²) in [6.45, 7) is 5.64. The number of carbonyl (C=O) groups excluding carboxylic acids is 1. The Bertz CT molecular complexity index is 896. The first-order valence-corrected chi connectivity index (χ1v) is 10.4. The van der Waals surface area contributed by atoms with Gasteiger partial charge in [0.1, 0.15) is 0 Å². The van der Waals surface area contributed by atoms with Gasteiger partial charge in [0.2, 0.25) is 5.91 Å². The molecule has 1 amide bonds. The molecule has 0 fully saturated rings. The van der Waals surface area contributed by atoms with Crippen LogP contribution in [-0.2, 0) is 14.8 Å². The predicted octanol–water partition coefficient (Wildman–Crippen LogP) is 3.37. The minimum absolute atomic E-state index is 0.170. The van der Waals surface area contributed by atoms with Crippen molar-refractivity contribution in [3.63, 3.8) is 0 Å². The van der Waals surface area contributed by atoms with Gasteiger partial charge in [-0.15, -0.1) is 0 Å². The van der Waals surface area contributed by atoms with E-state index in [4.69, 9.17) is 12.2 Å². The molecule has 2 rings (SSSR count). The molecule has 0 bridgehead atoms. The highest BCUT2D eigenvalue weighted by atomic mass is 32.2. The molecule has 27 heavy (non-hydrogen) atoms. The van der Waals surface area contributed by atoms with Gasteiger partial charge in [-0.05, 0) is 55.5 Å². The van der Waals surface area contributed by atoms with Crippen molar-refractivity contribution in [2.45, 2.75) is 25.7 Å². The van der Waals surface area contributed by atoms with Gasteiger partial charge < -0.3 is 10.6 Å². The highest BCUT2D eigenvalue weighted by Crippen LogP contribution is 2.24. The van der Waals surface area contributed by atoms with E-state index < -0.39 is 10.0 Å². The van der Waals surface area contributed by atoms with E-state index in [0.29, 0.717) is 17.9 Å². The first-order valence-electron chi connectivity index (χ1n) is 8.55. The van der Waals surface area contributed by atoms with Gasteiger partial charge in [0.05, 0.1) is 10.6 Å². The van der Waals surface area contributed by atoms with Crippen LogP contribution in [0.3, 0.4) is 0 Å². The third-order valence-corrected chi connectivity index (χ3v) is 5.91. The molecule has 2 N–H and O–H groups in total. The number of rotatable bonds is 6. The molecule has 0 aliphatic rings. The van der Waals surface area contributed by atoms with Gasteiger partial charge in [-0.1, -0.05) is 32.0 Å². The highest BCUT2D eigenvalue weighted by Gasteiger charge is 2.23. The van der Waals surface area contributed by atoms with Gasteiger partial charge in [-0.2, -0.15) is 0 Å². The van der Waals surface area contributed by atoms with Crippen LogP contribution in [-0.4, -0.2) is 26.0 Å². The molecule has 0 spiro atoms. The monoisotopic (exact) mass is 405 g/mol. The zero-order chi connectivity index (χ0) is 20.0. The van der Waals surface area contributed by atoms with Crippen molar-refractivity contribution in [2.75, 3.05) is 16.2 Å². The van der Waals surface area contributed by atoms with E-state index in [1.165, 1.54) is 16.4 Å². The minimum atomic E-state index is -3.68. The van der Waals surface area contributed by atoms with E-state index >= 15 is 0 Å². The second-order valence-electron chi connectivity index (χ2n) is 6.13. The van der Waals surface area contributed by atoms with Gasteiger partial charge in [-0.3, -0.25) is 9.10 Å². The van der Waals surface area contributed by atoms with Crippen LogP contribution in [0, 0.1) is 5.92 Å². The van der Waals surface area contributed by atoms with Crippen molar-refractivity contribution in [3.05, 3.63) is 54.6 Å². The second kappa shape index (κ2) is 8.96. The van der Waals surface area contributed by atoms with Gasteiger partial charge in [0.25, 0.3) is 10.0 Å². The number of hydrogen-bond acceptors (Lipinski definition) is 4. The molecule has 6 nitrogen and oxygen atoms in total. The average Bonchev–Trinajstić information content (AvgIpc) is 2.63. The van der Waals surface area contributed by atoms with Gasteiger partial charge in [0.15, 0.2) is 5.11 Å². The van der Waals surface area contributed by atoms with E-state index in [9.17, 15) is 13.2 Å². The molecule has 0 unspecified atom stereocenters. The summed E-state index contributed by atoms with van der Waals surface area (Å²) < 4.78 is 27.2. The van der Waals surface area contributed by atoms with Crippen LogP contribution in [0.2, 0.25) is 0 Å². The van der Waals surface area contributed by atoms with E-state index in [-0.39, 0.29) is 21.8 Å². The fourth-order valence-electron chi connectivity index (χ4n) is 2.34. The summed E-state index contributed by atoms with van der Waals surface area (Å²) in [5.74, 6) is -0.372. The van der Waals surface area contributed by atoms with Crippen molar-refractivity contribution in [2.24, 2.45) is 5.92 Å². The summed E-state index contributed by atoms with van der Waals surface area (Å²) in [5.41, 5.74) is 1.20. The first-order chi connectivity index (χ1) is 12.8. The van der Waals surface area contributed by atoms with Crippen LogP contribution >= 0.6 is 12.2 Å². The first kappa shape index (κ1) is 20.9. The quantitative estimate of drug-likeness (QED) is 0.721. The van der Waals surface area contributed by atoms with Crippen LogP contribution in [0.15, 0.2) is 59.5 Å². The Morgan fingerprint density at radius 2 is 1.67 bits per heavy atom. The largest absolute Gasteiger partial charge is 0.332 e. The van der Waals surface area contributed by atoms with E-state index in [2.05, 4.69) is 10.6 Å². The number of nitrogens with one attached hydrogen (secondary N) is 2. The smallest absolute Gasteiger partial charge is 0.264 e. The van der Waals surface area contributed by atoms with Crippen molar-refractivity contribution in [1.82, 2.24) is 5.32 Å².